The van der Waals surface area contributed by atoms with Gasteiger partial charge in [-0.3, -0.25) is 14.1 Å². The van der Waals surface area contributed by atoms with Crippen LogP contribution in [0.4, 0.5) is 5.69 Å². The van der Waals surface area contributed by atoms with E-state index in [1.165, 1.54) is 24.0 Å². The Hall–Kier alpha value is -3.19. The second-order valence-electron chi connectivity index (χ2n) is 6.98. The normalized spacial score (nSPS) is 11.1. The average molecular weight is 424 g/mol. The van der Waals surface area contributed by atoms with Gasteiger partial charge in [0.2, 0.25) is 5.91 Å². The van der Waals surface area contributed by atoms with Gasteiger partial charge in [-0.1, -0.05) is 48.0 Å². The Morgan fingerprint density at radius 2 is 1.73 bits per heavy atom. The summed E-state index contributed by atoms with van der Waals surface area (Å²) in [6.07, 6.45) is 4.41. The van der Waals surface area contributed by atoms with E-state index in [-0.39, 0.29) is 17.3 Å². The van der Waals surface area contributed by atoms with E-state index in [2.05, 4.69) is 10.3 Å². The van der Waals surface area contributed by atoms with Crippen molar-refractivity contribution in [1.82, 2.24) is 10.3 Å². The maximum atomic E-state index is 13.2. The van der Waals surface area contributed by atoms with Gasteiger partial charge >= 0.3 is 0 Å². The monoisotopic (exact) mass is 423 g/mol. The lowest BCUT2D eigenvalue weighted by Gasteiger charge is -2.24. The molecule has 1 amide bonds. The van der Waals surface area contributed by atoms with Crippen molar-refractivity contribution < 1.29 is 13.2 Å². The van der Waals surface area contributed by atoms with E-state index in [0.717, 1.165) is 22.7 Å². The van der Waals surface area contributed by atoms with Crippen molar-refractivity contribution in [2.45, 2.75) is 24.7 Å². The summed E-state index contributed by atoms with van der Waals surface area (Å²) in [6, 6.07) is 20.1. The highest BCUT2D eigenvalue weighted by Gasteiger charge is 2.27. The van der Waals surface area contributed by atoms with Crippen molar-refractivity contribution in [3.05, 3.63) is 90.3 Å². The zero-order valence-corrected chi connectivity index (χ0v) is 17.7. The zero-order valence-electron chi connectivity index (χ0n) is 16.9. The van der Waals surface area contributed by atoms with Gasteiger partial charge in [-0.2, -0.15) is 0 Å². The molecular weight excluding hydrogens is 398 g/mol. The molecule has 1 aromatic heterocycles. The van der Waals surface area contributed by atoms with Crippen LogP contribution >= 0.6 is 0 Å². The van der Waals surface area contributed by atoms with Crippen molar-refractivity contribution in [3.8, 4) is 0 Å². The summed E-state index contributed by atoms with van der Waals surface area (Å²) in [6.45, 7) is 2.09. The van der Waals surface area contributed by atoms with Crippen LogP contribution in [-0.4, -0.2) is 32.4 Å². The Labute approximate surface area is 177 Å². The summed E-state index contributed by atoms with van der Waals surface area (Å²) in [7, 11) is -3.93. The molecule has 0 aliphatic heterocycles. The smallest absolute Gasteiger partial charge is 0.266 e. The fraction of sp³-hybridized carbons (Fsp3) is 0.217. The molecule has 0 saturated heterocycles. The van der Waals surface area contributed by atoms with Crippen LogP contribution in [0.25, 0.3) is 0 Å². The summed E-state index contributed by atoms with van der Waals surface area (Å²) in [5, 5.41) is 2.83. The van der Waals surface area contributed by atoms with Crippen LogP contribution in [0.5, 0.6) is 0 Å². The van der Waals surface area contributed by atoms with E-state index >= 15 is 0 Å². The summed E-state index contributed by atoms with van der Waals surface area (Å²) >= 11 is 0. The predicted octanol–water partition coefficient (Wildman–Crippen LogP) is 3.33. The van der Waals surface area contributed by atoms with E-state index in [0.29, 0.717) is 12.2 Å². The molecule has 3 rings (SSSR count). The van der Waals surface area contributed by atoms with E-state index in [4.69, 9.17) is 0 Å². The topological polar surface area (TPSA) is 79.4 Å². The standard InChI is InChI=1S/C23H25N3O3S/c1-19-11-13-21(14-12-19)26(30(28,29)22-10-6-15-24-17-22)18-23(27)25-16-5-9-20-7-3-2-4-8-20/h2-4,6-8,10-15,17H,5,9,16,18H2,1H3,(H,25,27). The lowest BCUT2D eigenvalue weighted by atomic mass is 10.1. The number of aromatic nitrogens is 1. The molecule has 0 saturated carbocycles. The van der Waals surface area contributed by atoms with Gasteiger partial charge in [0.1, 0.15) is 11.4 Å². The number of nitrogens with one attached hydrogen (secondary N) is 1. The molecule has 0 spiro atoms. The minimum atomic E-state index is -3.93. The van der Waals surface area contributed by atoms with E-state index in [9.17, 15) is 13.2 Å². The Morgan fingerprint density at radius 1 is 1.00 bits per heavy atom. The van der Waals surface area contributed by atoms with E-state index in [1.807, 2.05) is 49.4 Å². The van der Waals surface area contributed by atoms with Crippen LogP contribution in [0, 0.1) is 6.92 Å². The fourth-order valence-electron chi connectivity index (χ4n) is 3.00. The van der Waals surface area contributed by atoms with Gasteiger partial charge in [0.15, 0.2) is 0 Å². The van der Waals surface area contributed by atoms with Crippen molar-refractivity contribution >= 4 is 21.6 Å². The molecule has 156 valence electrons. The van der Waals surface area contributed by atoms with Crippen molar-refractivity contribution in [3.63, 3.8) is 0 Å². The molecule has 2 aromatic carbocycles. The van der Waals surface area contributed by atoms with E-state index in [1.54, 1.807) is 18.2 Å². The largest absolute Gasteiger partial charge is 0.355 e. The molecule has 0 atom stereocenters. The molecule has 1 heterocycles. The Balaban J connectivity index is 1.69. The van der Waals surface area contributed by atoms with Crippen LogP contribution in [-0.2, 0) is 21.2 Å². The van der Waals surface area contributed by atoms with Gasteiger partial charge in [-0.15, -0.1) is 0 Å². The van der Waals surface area contributed by atoms with Crippen LogP contribution in [0.1, 0.15) is 17.5 Å². The van der Waals surface area contributed by atoms with Gasteiger partial charge in [0, 0.05) is 18.9 Å². The number of hydrogen-bond donors (Lipinski definition) is 1. The molecule has 0 aliphatic rings. The van der Waals surface area contributed by atoms with Gasteiger partial charge in [0.25, 0.3) is 10.0 Å². The molecular formula is C23H25N3O3S. The molecule has 0 fully saturated rings. The summed E-state index contributed by atoms with van der Waals surface area (Å²) in [5.74, 6) is -0.351. The Bertz CT molecular complexity index is 1050. The first-order chi connectivity index (χ1) is 14.5. The summed E-state index contributed by atoms with van der Waals surface area (Å²) in [5.41, 5.74) is 2.64. The molecule has 6 nitrogen and oxygen atoms in total. The number of hydrogen-bond acceptors (Lipinski definition) is 4. The number of sulfonamides is 1. The van der Waals surface area contributed by atoms with Crippen molar-refractivity contribution in [1.29, 1.82) is 0 Å². The van der Waals surface area contributed by atoms with Crippen LogP contribution in [0.3, 0.4) is 0 Å². The number of aryl methyl sites for hydroxylation is 2. The first-order valence-corrected chi connectivity index (χ1v) is 11.2. The lowest BCUT2D eigenvalue weighted by Crippen LogP contribution is -2.41. The number of amides is 1. The molecule has 30 heavy (non-hydrogen) atoms. The number of nitrogens with zero attached hydrogens (tertiary/aromatic N) is 2. The lowest BCUT2D eigenvalue weighted by molar-refractivity contribution is -0.119. The van der Waals surface area contributed by atoms with Gasteiger partial charge in [-0.05, 0) is 49.6 Å². The first kappa shape index (κ1) is 21.5. The van der Waals surface area contributed by atoms with Crippen molar-refractivity contribution in [2.24, 2.45) is 0 Å². The third-order valence-electron chi connectivity index (χ3n) is 4.64. The third-order valence-corrected chi connectivity index (χ3v) is 6.40. The third kappa shape index (κ3) is 5.67. The predicted molar refractivity (Wildman–Crippen MR) is 118 cm³/mol. The number of carbonyl (C=O) groups is 1. The Morgan fingerprint density at radius 3 is 2.40 bits per heavy atom. The molecule has 0 radical (unpaired) electrons. The van der Waals surface area contributed by atoms with Crippen LogP contribution in [0.15, 0.2) is 84.0 Å². The van der Waals surface area contributed by atoms with Gasteiger partial charge in [-0.25, -0.2) is 8.42 Å². The molecule has 0 bridgehead atoms. The fourth-order valence-corrected chi connectivity index (χ4v) is 4.39. The quantitative estimate of drug-likeness (QED) is 0.536. The molecule has 0 aliphatic carbocycles. The average Bonchev–Trinajstić information content (AvgIpc) is 2.77. The number of pyridine rings is 1. The first-order valence-electron chi connectivity index (χ1n) is 9.77. The van der Waals surface area contributed by atoms with Crippen LogP contribution in [0.2, 0.25) is 0 Å². The van der Waals surface area contributed by atoms with Gasteiger partial charge < -0.3 is 5.32 Å². The van der Waals surface area contributed by atoms with Gasteiger partial charge in [0.05, 0.1) is 5.69 Å². The minimum absolute atomic E-state index is 0.0439. The molecule has 3 aromatic rings. The SMILES string of the molecule is Cc1ccc(N(CC(=O)NCCCc2ccccc2)S(=O)(=O)c2cccnc2)cc1. The number of carbonyl (C=O) groups excluding carboxylic acids is 1. The number of anilines is 1. The molecule has 0 unspecified atom stereocenters. The minimum Gasteiger partial charge on any atom is -0.355 e. The van der Waals surface area contributed by atoms with Crippen molar-refractivity contribution in [2.75, 3.05) is 17.4 Å². The highest BCUT2D eigenvalue weighted by atomic mass is 32.2. The second-order valence-corrected chi connectivity index (χ2v) is 8.84. The Kier molecular flexibility index (Phi) is 7.19. The highest BCUT2D eigenvalue weighted by Crippen LogP contribution is 2.23. The summed E-state index contributed by atoms with van der Waals surface area (Å²) < 4.78 is 27.5. The maximum Gasteiger partial charge on any atom is 0.266 e. The van der Waals surface area contributed by atoms with E-state index < -0.39 is 10.0 Å². The zero-order chi connectivity index (χ0) is 21.4. The number of rotatable bonds is 9. The molecule has 1 N–H and O–H groups in total. The molecule has 7 heteroatoms. The second kappa shape index (κ2) is 10.0. The summed E-state index contributed by atoms with van der Waals surface area (Å²) in [4.78, 5) is 16.5. The maximum absolute atomic E-state index is 13.2. The highest BCUT2D eigenvalue weighted by molar-refractivity contribution is 7.92. The van der Waals surface area contributed by atoms with Crippen LogP contribution < -0.4 is 9.62 Å². The number of benzene rings is 2.